The van der Waals surface area contributed by atoms with E-state index in [4.69, 9.17) is 14.2 Å². The average Bonchev–Trinajstić information content (AvgIpc) is 3.23. The molecule has 0 saturated carbocycles. The van der Waals surface area contributed by atoms with Gasteiger partial charge in [-0.25, -0.2) is 9.79 Å². The number of hydrogen-bond acceptors (Lipinski definition) is 7. The van der Waals surface area contributed by atoms with Crippen molar-refractivity contribution in [3.8, 4) is 5.75 Å². The van der Waals surface area contributed by atoms with E-state index in [-0.39, 0.29) is 18.8 Å². The van der Waals surface area contributed by atoms with Crippen LogP contribution in [0.3, 0.4) is 0 Å². The van der Waals surface area contributed by atoms with E-state index in [1.54, 1.807) is 18.6 Å². The average molecular weight is 549 g/mol. The quantitative estimate of drug-likeness (QED) is 0.256. The normalized spacial score (nSPS) is 15.3. The van der Waals surface area contributed by atoms with Gasteiger partial charge in [0.15, 0.2) is 4.80 Å². The maximum atomic E-state index is 13.8. The summed E-state index contributed by atoms with van der Waals surface area (Å²) >= 11 is 1.31. The van der Waals surface area contributed by atoms with E-state index in [2.05, 4.69) is 25.8 Å². The molecule has 0 amide bonds. The van der Waals surface area contributed by atoms with Gasteiger partial charge >= 0.3 is 5.97 Å². The predicted molar refractivity (Wildman–Crippen MR) is 154 cm³/mol. The van der Waals surface area contributed by atoms with Gasteiger partial charge in [0.1, 0.15) is 12.4 Å². The van der Waals surface area contributed by atoms with Gasteiger partial charge in [-0.2, -0.15) is 0 Å². The SMILES string of the molecule is CCCCOc1ccc(C=c2sc3n(c2=O)C(c2ccc(C(C)C)cc2)C(C(=O)OCCOC)=C(C)N=3)cc1. The minimum atomic E-state index is -0.644. The number of benzene rings is 2. The second kappa shape index (κ2) is 13.0. The summed E-state index contributed by atoms with van der Waals surface area (Å²) in [6.07, 6.45) is 3.94. The third kappa shape index (κ3) is 6.57. The molecule has 1 aliphatic rings. The molecule has 0 fully saturated rings. The van der Waals surface area contributed by atoms with E-state index in [1.807, 2.05) is 54.6 Å². The highest BCUT2D eigenvalue weighted by Crippen LogP contribution is 2.31. The van der Waals surface area contributed by atoms with Gasteiger partial charge in [-0.3, -0.25) is 9.36 Å². The molecule has 4 rings (SSSR count). The second-order valence-corrected chi connectivity index (χ2v) is 10.8. The van der Waals surface area contributed by atoms with Gasteiger partial charge in [0, 0.05) is 7.11 Å². The summed E-state index contributed by atoms with van der Waals surface area (Å²) in [7, 11) is 1.55. The number of carbonyl (C=O) groups excluding carboxylic acids is 1. The zero-order valence-electron chi connectivity index (χ0n) is 23.2. The summed E-state index contributed by atoms with van der Waals surface area (Å²) in [6, 6.07) is 15.1. The van der Waals surface area contributed by atoms with Crippen LogP contribution in [-0.4, -0.2) is 37.5 Å². The summed E-state index contributed by atoms with van der Waals surface area (Å²) in [6.45, 7) is 9.26. The van der Waals surface area contributed by atoms with Crippen molar-refractivity contribution >= 4 is 23.4 Å². The minimum absolute atomic E-state index is 0.119. The smallest absolute Gasteiger partial charge is 0.338 e. The molecule has 0 saturated heterocycles. The lowest BCUT2D eigenvalue weighted by molar-refractivity contribution is -0.140. The number of hydrogen-bond donors (Lipinski definition) is 0. The Morgan fingerprint density at radius 3 is 2.44 bits per heavy atom. The first-order valence-electron chi connectivity index (χ1n) is 13.3. The van der Waals surface area contributed by atoms with Gasteiger partial charge in [-0.15, -0.1) is 0 Å². The van der Waals surface area contributed by atoms with E-state index < -0.39 is 12.0 Å². The van der Waals surface area contributed by atoms with E-state index >= 15 is 0 Å². The van der Waals surface area contributed by atoms with Crippen molar-refractivity contribution in [3.63, 3.8) is 0 Å². The Morgan fingerprint density at radius 2 is 1.79 bits per heavy atom. The number of rotatable bonds is 11. The van der Waals surface area contributed by atoms with Gasteiger partial charge in [0.2, 0.25) is 0 Å². The van der Waals surface area contributed by atoms with Crippen LogP contribution in [0.15, 0.2) is 69.6 Å². The third-order valence-corrected chi connectivity index (χ3v) is 7.61. The number of fused-ring (bicyclic) bond motifs is 1. The fraction of sp³-hybridized carbons (Fsp3) is 0.387. The molecule has 39 heavy (non-hydrogen) atoms. The number of carbonyl (C=O) groups is 1. The standard InChI is InChI=1S/C31H36N2O5S/c1-6-7-16-37-25-14-8-22(9-15-25)19-26-29(34)33-28(24-12-10-23(11-13-24)20(2)3)27(21(4)32-31(33)39-26)30(35)38-18-17-36-5/h8-15,19-20,28H,6-7,16-18H2,1-5H3. The van der Waals surface area contributed by atoms with E-state index in [0.717, 1.165) is 29.7 Å². The molecule has 8 heteroatoms. The molecule has 2 heterocycles. The van der Waals surface area contributed by atoms with E-state index in [0.29, 0.717) is 33.1 Å². The van der Waals surface area contributed by atoms with Gasteiger partial charge in [0.25, 0.3) is 5.56 Å². The van der Waals surface area contributed by atoms with Crippen LogP contribution in [-0.2, 0) is 14.3 Å². The van der Waals surface area contributed by atoms with Gasteiger partial charge in [0.05, 0.1) is 35.1 Å². The van der Waals surface area contributed by atoms with Crippen LogP contribution in [0.25, 0.3) is 6.08 Å². The summed E-state index contributed by atoms with van der Waals surface area (Å²) < 4.78 is 18.4. The Bertz CT molecular complexity index is 1500. The first-order chi connectivity index (χ1) is 18.8. The number of aromatic nitrogens is 1. The third-order valence-electron chi connectivity index (χ3n) is 6.63. The highest BCUT2D eigenvalue weighted by Gasteiger charge is 2.33. The van der Waals surface area contributed by atoms with Crippen molar-refractivity contribution < 1.29 is 19.0 Å². The molecule has 206 valence electrons. The lowest BCUT2D eigenvalue weighted by Gasteiger charge is -2.25. The first kappa shape index (κ1) is 28.5. The number of thiazole rings is 1. The lowest BCUT2D eigenvalue weighted by atomic mass is 9.93. The maximum absolute atomic E-state index is 13.8. The van der Waals surface area contributed by atoms with Gasteiger partial charge < -0.3 is 14.2 Å². The lowest BCUT2D eigenvalue weighted by Crippen LogP contribution is -2.40. The zero-order valence-corrected chi connectivity index (χ0v) is 24.0. The Labute approximate surface area is 233 Å². The molecule has 3 aromatic rings. The topological polar surface area (TPSA) is 79.1 Å². The summed E-state index contributed by atoms with van der Waals surface area (Å²) in [5.74, 6) is 0.665. The first-order valence-corrected chi connectivity index (χ1v) is 14.2. The van der Waals surface area contributed by atoms with Gasteiger partial charge in [-0.05, 0) is 54.2 Å². The largest absolute Gasteiger partial charge is 0.494 e. The van der Waals surface area contributed by atoms with Crippen LogP contribution in [0, 0.1) is 0 Å². The fourth-order valence-corrected chi connectivity index (χ4v) is 5.45. The number of nitrogens with zero attached hydrogens (tertiary/aromatic N) is 2. The Kier molecular flexibility index (Phi) is 9.54. The Morgan fingerprint density at radius 1 is 1.08 bits per heavy atom. The highest BCUT2D eigenvalue weighted by molar-refractivity contribution is 7.07. The Hall–Kier alpha value is -3.49. The molecular formula is C31H36N2O5S. The molecule has 0 bridgehead atoms. The summed E-state index contributed by atoms with van der Waals surface area (Å²) in [4.78, 5) is 32.3. The summed E-state index contributed by atoms with van der Waals surface area (Å²) in [5.41, 5.74) is 3.59. The molecule has 1 aliphatic heterocycles. The van der Waals surface area contributed by atoms with Crippen molar-refractivity contribution in [2.75, 3.05) is 26.9 Å². The van der Waals surface area contributed by atoms with Crippen molar-refractivity contribution in [1.29, 1.82) is 0 Å². The van der Waals surface area contributed by atoms with Crippen molar-refractivity contribution in [1.82, 2.24) is 4.57 Å². The van der Waals surface area contributed by atoms with Crippen molar-refractivity contribution in [2.45, 2.75) is 52.5 Å². The summed E-state index contributed by atoms with van der Waals surface area (Å²) in [5, 5.41) is 0. The van der Waals surface area contributed by atoms with E-state index in [1.165, 1.54) is 16.9 Å². The number of esters is 1. The van der Waals surface area contributed by atoms with Crippen molar-refractivity contribution in [2.24, 2.45) is 4.99 Å². The number of methoxy groups -OCH3 is 1. The molecule has 1 aromatic heterocycles. The predicted octanol–water partition coefficient (Wildman–Crippen LogP) is 4.73. The molecule has 7 nitrogen and oxygen atoms in total. The van der Waals surface area contributed by atoms with Crippen LogP contribution < -0.4 is 19.6 Å². The molecule has 0 radical (unpaired) electrons. The molecule has 1 unspecified atom stereocenters. The minimum Gasteiger partial charge on any atom is -0.494 e. The van der Waals surface area contributed by atoms with E-state index in [9.17, 15) is 9.59 Å². The number of unbranched alkanes of at least 4 members (excludes halogenated alkanes) is 1. The number of ether oxygens (including phenoxy) is 3. The molecule has 0 N–H and O–H groups in total. The van der Waals surface area contributed by atoms with Crippen LogP contribution in [0.2, 0.25) is 0 Å². The highest BCUT2D eigenvalue weighted by atomic mass is 32.1. The van der Waals surface area contributed by atoms with Crippen molar-refractivity contribution in [3.05, 3.63) is 96.2 Å². The molecular weight excluding hydrogens is 512 g/mol. The zero-order chi connectivity index (χ0) is 27.9. The van der Waals surface area contributed by atoms with Crippen LogP contribution >= 0.6 is 11.3 Å². The second-order valence-electron chi connectivity index (χ2n) is 9.80. The Balaban J connectivity index is 1.77. The maximum Gasteiger partial charge on any atom is 0.338 e. The molecule has 0 spiro atoms. The molecule has 1 atom stereocenters. The monoisotopic (exact) mass is 548 g/mol. The van der Waals surface area contributed by atoms with Crippen LogP contribution in [0.4, 0.5) is 0 Å². The molecule has 0 aliphatic carbocycles. The van der Waals surface area contributed by atoms with Crippen LogP contribution in [0.5, 0.6) is 5.75 Å². The fourth-order valence-electron chi connectivity index (χ4n) is 4.40. The van der Waals surface area contributed by atoms with Gasteiger partial charge in [-0.1, -0.05) is 74.9 Å². The molecule has 2 aromatic carbocycles. The number of allylic oxidation sites excluding steroid dienone is 1. The van der Waals surface area contributed by atoms with Crippen LogP contribution in [0.1, 0.15) is 69.2 Å².